The molecule has 0 aliphatic rings. The van der Waals surface area contributed by atoms with Crippen LogP contribution in [0.3, 0.4) is 0 Å². The van der Waals surface area contributed by atoms with E-state index < -0.39 is 24.5 Å². The number of furan rings is 1. The molecule has 0 aliphatic heterocycles. The number of carbonyl (C=O) groups excluding carboxylic acids is 1. The van der Waals surface area contributed by atoms with Crippen molar-refractivity contribution in [2.75, 3.05) is 6.61 Å². The van der Waals surface area contributed by atoms with Crippen LogP contribution in [-0.4, -0.2) is 34.7 Å². The summed E-state index contributed by atoms with van der Waals surface area (Å²) in [5.41, 5.74) is 2.42. The molecule has 3 N–H and O–H groups in total. The Labute approximate surface area is 115 Å². The second-order valence-electron chi connectivity index (χ2n) is 4.58. The number of carboxylic acid groups (broad SMARTS) is 1. The molecule has 1 aromatic heterocycles. The molecular formula is C14H15NO5. The van der Waals surface area contributed by atoms with Gasteiger partial charge in [-0.05, 0) is 18.6 Å². The molecule has 0 fully saturated rings. The van der Waals surface area contributed by atoms with Gasteiger partial charge in [0.05, 0.1) is 19.3 Å². The summed E-state index contributed by atoms with van der Waals surface area (Å²) in [6.07, 6.45) is 1.48. The van der Waals surface area contributed by atoms with Crippen molar-refractivity contribution in [2.45, 2.75) is 19.4 Å². The zero-order valence-electron chi connectivity index (χ0n) is 10.9. The fourth-order valence-corrected chi connectivity index (χ4v) is 1.93. The van der Waals surface area contributed by atoms with Crippen molar-refractivity contribution >= 4 is 22.8 Å². The predicted octanol–water partition coefficient (Wildman–Crippen LogP) is 0.845. The highest BCUT2D eigenvalue weighted by molar-refractivity contribution is 5.89. The normalized spacial score (nSPS) is 12.3. The molecule has 0 saturated heterocycles. The molecule has 20 heavy (non-hydrogen) atoms. The number of amides is 1. The third kappa shape index (κ3) is 2.97. The predicted molar refractivity (Wildman–Crippen MR) is 71.3 cm³/mol. The minimum atomic E-state index is -1.29. The summed E-state index contributed by atoms with van der Waals surface area (Å²) >= 11 is 0. The van der Waals surface area contributed by atoms with Gasteiger partial charge in [-0.25, -0.2) is 4.79 Å². The van der Waals surface area contributed by atoms with Crippen LogP contribution in [0.4, 0.5) is 0 Å². The first kappa shape index (κ1) is 14.1. The summed E-state index contributed by atoms with van der Waals surface area (Å²) in [6.45, 7) is 1.29. The Hall–Kier alpha value is -2.34. The average molecular weight is 277 g/mol. The fourth-order valence-electron chi connectivity index (χ4n) is 1.93. The Kier molecular flexibility index (Phi) is 4.05. The van der Waals surface area contributed by atoms with Crippen molar-refractivity contribution in [1.29, 1.82) is 0 Å². The van der Waals surface area contributed by atoms with Gasteiger partial charge in [-0.3, -0.25) is 4.79 Å². The van der Waals surface area contributed by atoms with Crippen LogP contribution < -0.4 is 5.32 Å². The summed E-state index contributed by atoms with van der Waals surface area (Å²) in [6, 6.07) is 4.35. The summed E-state index contributed by atoms with van der Waals surface area (Å²) in [5, 5.41) is 20.7. The first-order chi connectivity index (χ1) is 9.51. The van der Waals surface area contributed by atoms with E-state index in [9.17, 15) is 9.59 Å². The lowest BCUT2D eigenvalue weighted by atomic mass is 10.1. The van der Waals surface area contributed by atoms with E-state index in [0.29, 0.717) is 11.1 Å². The van der Waals surface area contributed by atoms with E-state index in [-0.39, 0.29) is 6.42 Å². The molecule has 2 aromatic rings. The van der Waals surface area contributed by atoms with Crippen molar-refractivity contribution in [2.24, 2.45) is 0 Å². The van der Waals surface area contributed by atoms with Crippen LogP contribution >= 0.6 is 0 Å². The molecule has 1 aromatic carbocycles. The van der Waals surface area contributed by atoms with Crippen LogP contribution in [0, 0.1) is 6.92 Å². The number of rotatable bonds is 5. The van der Waals surface area contributed by atoms with Gasteiger partial charge in [0.2, 0.25) is 5.91 Å². The molecule has 6 nitrogen and oxygen atoms in total. The lowest BCUT2D eigenvalue weighted by Crippen LogP contribution is -2.43. The van der Waals surface area contributed by atoms with E-state index in [1.165, 1.54) is 6.26 Å². The molecule has 0 saturated carbocycles. The number of hydrogen-bond acceptors (Lipinski definition) is 4. The van der Waals surface area contributed by atoms with Gasteiger partial charge in [0.25, 0.3) is 0 Å². The molecule has 6 heteroatoms. The van der Waals surface area contributed by atoms with E-state index in [0.717, 1.165) is 10.9 Å². The van der Waals surface area contributed by atoms with E-state index in [2.05, 4.69) is 5.32 Å². The summed E-state index contributed by atoms with van der Waals surface area (Å²) < 4.78 is 5.36. The maximum Gasteiger partial charge on any atom is 0.328 e. The van der Waals surface area contributed by atoms with Crippen molar-refractivity contribution < 1.29 is 24.2 Å². The number of benzene rings is 1. The Bertz CT molecular complexity index is 646. The van der Waals surface area contributed by atoms with Crippen LogP contribution in [0.5, 0.6) is 0 Å². The number of aliphatic carboxylic acids is 1. The quantitative estimate of drug-likeness (QED) is 0.752. The van der Waals surface area contributed by atoms with Crippen LogP contribution in [-0.2, 0) is 16.0 Å². The third-order valence-electron chi connectivity index (χ3n) is 2.98. The topological polar surface area (TPSA) is 99.8 Å². The lowest BCUT2D eigenvalue weighted by molar-refractivity contribution is -0.142. The van der Waals surface area contributed by atoms with Crippen molar-refractivity contribution in [1.82, 2.24) is 5.32 Å². The molecular weight excluding hydrogens is 262 g/mol. The number of hydrogen-bond donors (Lipinski definition) is 3. The van der Waals surface area contributed by atoms with Gasteiger partial charge in [0, 0.05) is 10.9 Å². The Balaban J connectivity index is 2.12. The molecule has 0 aliphatic carbocycles. The highest BCUT2D eigenvalue weighted by Crippen LogP contribution is 2.22. The minimum Gasteiger partial charge on any atom is -0.480 e. The number of fused-ring (bicyclic) bond motifs is 1. The standard InChI is InChI=1S/C14H15NO5/c1-8-2-3-10-9(7-20-12(10)4-8)5-13(17)15-11(6-16)14(18)19/h2-4,7,11,16H,5-6H2,1H3,(H,15,17)(H,18,19). The number of nitrogens with one attached hydrogen (secondary N) is 1. The molecule has 0 spiro atoms. The molecule has 106 valence electrons. The largest absolute Gasteiger partial charge is 0.480 e. The SMILES string of the molecule is Cc1ccc2c(CC(=O)NC(CO)C(=O)O)coc2c1. The minimum absolute atomic E-state index is 0.000158. The molecule has 1 amide bonds. The molecule has 1 heterocycles. The van der Waals surface area contributed by atoms with Gasteiger partial charge >= 0.3 is 5.97 Å². The molecule has 0 radical (unpaired) electrons. The van der Waals surface area contributed by atoms with Crippen LogP contribution in [0.15, 0.2) is 28.9 Å². The summed E-state index contributed by atoms with van der Waals surface area (Å²) in [7, 11) is 0. The second-order valence-corrected chi connectivity index (χ2v) is 4.58. The molecule has 1 atom stereocenters. The monoisotopic (exact) mass is 277 g/mol. The number of carbonyl (C=O) groups is 2. The molecule has 1 unspecified atom stereocenters. The zero-order chi connectivity index (χ0) is 14.7. The zero-order valence-corrected chi connectivity index (χ0v) is 10.9. The maximum atomic E-state index is 11.8. The number of carboxylic acids is 1. The number of aliphatic hydroxyl groups is 1. The summed E-state index contributed by atoms with van der Waals surface area (Å²) in [5.74, 6) is -1.75. The smallest absolute Gasteiger partial charge is 0.328 e. The van der Waals surface area contributed by atoms with Crippen LogP contribution in [0.25, 0.3) is 11.0 Å². The van der Waals surface area contributed by atoms with E-state index in [1.54, 1.807) is 0 Å². The van der Waals surface area contributed by atoms with Gasteiger partial charge in [0.1, 0.15) is 11.6 Å². The van der Waals surface area contributed by atoms with E-state index in [1.807, 2.05) is 25.1 Å². The van der Waals surface area contributed by atoms with Crippen molar-refractivity contribution in [3.8, 4) is 0 Å². The average Bonchev–Trinajstić information content (AvgIpc) is 2.77. The van der Waals surface area contributed by atoms with Gasteiger partial charge in [-0.2, -0.15) is 0 Å². The van der Waals surface area contributed by atoms with Gasteiger partial charge < -0.3 is 19.9 Å². The Morgan fingerprint density at radius 3 is 2.80 bits per heavy atom. The second kappa shape index (κ2) is 5.75. The van der Waals surface area contributed by atoms with E-state index in [4.69, 9.17) is 14.6 Å². The lowest BCUT2D eigenvalue weighted by Gasteiger charge is -2.10. The highest BCUT2D eigenvalue weighted by atomic mass is 16.4. The highest BCUT2D eigenvalue weighted by Gasteiger charge is 2.19. The molecule has 0 bridgehead atoms. The van der Waals surface area contributed by atoms with Crippen LogP contribution in [0.2, 0.25) is 0 Å². The van der Waals surface area contributed by atoms with Crippen LogP contribution in [0.1, 0.15) is 11.1 Å². The van der Waals surface area contributed by atoms with E-state index >= 15 is 0 Å². The summed E-state index contributed by atoms with van der Waals surface area (Å²) in [4.78, 5) is 22.5. The van der Waals surface area contributed by atoms with Crippen molar-refractivity contribution in [3.63, 3.8) is 0 Å². The Morgan fingerprint density at radius 1 is 1.40 bits per heavy atom. The van der Waals surface area contributed by atoms with Gasteiger partial charge in [-0.1, -0.05) is 12.1 Å². The molecule has 2 rings (SSSR count). The third-order valence-corrected chi connectivity index (χ3v) is 2.98. The Morgan fingerprint density at radius 2 is 2.15 bits per heavy atom. The maximum absolute atomic E-state index is 11.8. The fraction of sp³-hybridized carbons (Fsp3) is 0.286. The number of aliphatic hydroxyl groups excluding tert-OH is 1. The first-order valence-electron chi connectivity index (χ1n) is 6.11. The first-order valence-corrected chi connectivity index (χ1v) is 6.11. The number of aryl methyl sites for hydroxylation is 1. The van der Waals surface area contributed by atoms with Gasteiger partial charge in [-0.15, -0.1) is 0 Å². The van der Waals surface area contributed by atoms with Gasteiger partial charge in [0.15, 0.2) is 0 Å². The van der Waals surface area contributed by atoms with Crippen molar-refractivity contribution in [3.05, 3.63) is 35.6 Å².